The van der Waals surface area contributed by atoms with Crippen LogP contribution in [0.5, 0.6) is 0 Å². The molecule has 3 aromatic rings. The molecular weight excluding hydrogens is 526 g/mol. The number of benzene rings is 3. The summed E-state index contributed by atoms with van der Waals surface area (Å²) >= 11 is 0. The Bertz CT molecular complexity index is 1410. The predicted molar refractivity (Wildman–Crippen MR) is 170 cm³/mol. The number of carbonyl (C=O) groups excluding carboxylic acids is 3. The van der Waals surface area contributed by atoms with Crippen molar-refractivity contribution in [2.24, 2.45) is 5.92 Å². The molecule has 3 atom stereocenters. The summed E-state index contributed by atoms with van der Waals surface area (Å²) in [7, 11) is 0. The summed E-state index contributed by atoms with van der Waals surface area (Å²) in [4.78, 5) is 43.4. The van der Waals surface area contributed by atoms with Gasteiger partial charge in [-0.3, -0.25) is 9.59 Å². The summed E-state index contributed by atoms with van der Waals surface area (Å²) in [6.45, 7) is 18.9. The van der Waals surface area contributed by atoms with Crippen LogP contribution in [-0.2, 0) is 14.3 Å². The number of rotatable bonds is 8. The van der Waals surface area contributed by atoms with Crippen LogP contribution in [0, 0.1) is 19.8 Å². The molecule has 3 amide bonds. The van der Waals surface area contributed by atoms with Gasteiger partial charge in [0.2, 0.25) is 5.91 Å². The molecule has 0 bridgehead atoms. The van der Waals surface area contributed by atoms with E-state index in [0.29, 0.717) is 17.7 Å². The van der Waals surface area contributed by atoms with Crippen LogP contribution < -0.4 is 10.6 Å². The first-order valence-electron chi connectivity index (χ1n) is 14.7. The number of hydrogen-bond acceptors (Lipinski definition) is 4. The van der Waals surface area contributed by atoms with E-state index in [1.807, 2.05) is 109 Å². The molecule has 0 fully saturated rings. The Hall–Kier alpha value is -3.87. The van der Waals surface area contributed by atoms with Gasteiger partial charge in [0.05, 0.1) is 0 Å². The minimum atomic E-state index is -0.963. The third kappa shape index (κ3) is 8.34. The molecule has 0 saturated carbocycles. The van der Waals surface area contributed by atoms with Crippen molar-refractivity contribution in [1.29, 1.82) is 0 Å². The maximum absolute atomic E-state index is 14.6. The summed E-state index contributed by atoms with van der Waals surface area (Å²) in [5.41, 5.74) is 1.81. The highest BCUT2D eigenvalue weighted by atomic mass is 16.6. The molecule has 7 nitrogen and oxygen atoms in total. The van der Waals surface area contributed by atoms with Crippen molar-refractivity contribution >= 4 is 34.4 Å². The van der Waals surface area contributed by atoms with E-state index in [9.17, 15) is 14.4 Å². The molecule has 7 heteroatoms. The highest BCUT2D eigenvalue weighted by Crippen LogP contribution is 2.33. The quantitative estimate of drug-likeness (QED) is 0.289. The van der Waals surface area contributed by atoms with Gasteiger partial charge in [0.25, 0.3) is 5.91 Å². The van der Waals surface area contributed by atoms with Gasteiger partial charge in [-0.05, 0) is 89.8 Å². The lowest BCUT2D eigenvalue weighted by Crippen LogP contribution is -2.59. The Labute approximate surface area is 251 Å². The molecular formula is C35H47N3O4. The smallest absolute Gasteiger partial charge is 0.408 e. The van der Waals surface area contributed by atoms with Gasteiger partial charge in [-0.2, -0.15) is 0 Å². The first-order valence-corrected chi connectivity index (χ1v) is 14.7. The topological polar surface area (TPSA) is 87.7 Å². The zero-order valence-electron chi connectivity index (χ0n) is 26.8. The summed E-state index contributed by atoms with van der Waals surface area (Å²) in [5.74, 6) is -0.891. The molecule has 226 valence electrons. The number of ether oxygens (including phenoxy) is 1. The Morgan fingerprint density at radius 1 is 0.857 bits per heavy atom. The van der Waals surface area contributed by atoms with Crippen LogP contribution in [0.2, 0.25) is 0 Å². The normalized spacial score (nSPS) is 14.0. The van der Waals surface area contributed by atoms with E-state index in [0.717, 1.165) is 21.9 Å². The maximum Gasteiger partial charge on any atom is 0.408 e. The first kappa shape index (κ1) is 32.6. The van der Waals surface area contributed by atoms with Gasteiger partial charge in [0, 0.05) is 11.2 Å². The van der Waals surface area contributed by atoms with Crippen LogP contribution in [0.1, 0.15) is 84.5 Å². The molecule has 3 rings (SSSR count). The average molecular weight is 574 g/mol. The molecule has 0 heterocycles. The molecule has 3 unspecified atom stereocenters. The third-order valence-corrected chi connectivity index (χ3v) is 7.19. The molecule has 0 spiro atoms. The van der Waals surface area contributed by atoms with E-state index < -0.39 is 29.3 Å². The van der Waals surface area contributed by atoms with Gasteiger partial charge < -0.3 is 20.3 Å². The second-order valence-corrected chi connectivity index (χ2v) is 13.3. The number of alkyl carbamates (subject to hydrolysis) is 1. The van der Waals surface area contributed by atoms with Gasteiger partial charge in [0.15, 0.2) is 0 Å². The molecule has 0 aromatic heterocycles. The number of hydrogen-bond donors (Lipinski definition) is 2. The minimum absolute atomic E-state index is 0.210. The van der Waals surface area contributed by atoms with Crippen LogP contribution in [0.4, 0.5) is 10.5 Å². The van der Waals surface area contributed by atoms with Crippen molar-refractivity contribution in [2.75, 3.05) is 5.32 Å². The zero-order valence-corrected chi connectivity index (χ0v) is 26.8. The molecule has 0 aliphatic carbocycles. The summed E-state index contributed by atoms with van der Waals surface area (Å²) in [6, 6.07) is 17.8. The van der Waals surface area contributed by atoms with Crippen LogP contribution in [0.25, 0.3) is 10.8 Å². The number of fused-ring (bicyclic) bond motifs is 1. The molecule has 0 saturated heterocycles. The van der Waals surface area contributed by atoms with Crippen molar-refractivity contribution in [3.63, 3.8) is 0 Å². The van der Waals surface area contributed by atoms with Crippen molar-refractivity contribution in [3.8, 4) is 0 Å². The highest BCUT2D eigenvalue weighted by molar-refractivity contribution is 6.00. The van der Waals surface area contributed by atoms with E-state index >= 15 is 0 Å². The summed E-state index contributed by atoms with van der Waals surface area (Å²) in [5, 5.41) is 7.99. The second kappa shape index (κ2) is 13.0. The first-order chi connectivity index (χ1) is 19.5. The van der Waals surface area contributed by atoms with E-state index in [1.54, 1.807) is 25.7 Å². The molecule has 0 aliphatic heterocycles. The van der Waals surface area contributed by atoms with Gasteiger partial charge in [-0.15, -0.1) is 0 Å². The standard InChI is InChI=1S/C35H47N3O4/c1-11-24(4)29(37-33(41)42-35(8,9)10)32(40)38(34(5,6)7)30(27-19-22(2)18-23(3)20-27)31(39)36-28-17-16-25-14-12-13-15-26(25)21-28/h12-21,24,29-30H,11H2,1-10H3,(H,36,39)(H,37,41). The number of aryl methyl sites for hydroxylation is 2. The van der Waals surface area contributed by atoms with Crippen LogP contribution in [0.3, 0.4) is 0 Å². The van der Waals surface area contributed by atoms with Gasteiger partial charge in [-0.25, -0.2) is 4.79 Å². The van der Waals surface area contributed by atoms with E-state index in [4.69, 9.17) is 4.74 Å². The van der Waals surface area contributed by atoms with E-state index in [2.05, 4.69) is 10.6 Å². The van der Waals surface area contributed by atoms with Gasteiger partial charge in [-0.1, -0.05) is 79.9 Å². The van der Waals surface area contributed by atoms with Gasteiger partial charge in [0.1, 0.15) is 17.7 Å². The Balaban J connectivity index is 2.12. The average Bonchev–Trinajstić information content (AvgIpc) is 2.87. The molecule has 42 heavy (non-hydrogen) atoms. The van der Waals surface area contributed by atoms with Crippen molar-refractivity contribution in [1.82, 2.24) is 10.2 Å². The molecule has 3 aromatic carbocycles. The molecule has 0 aliphatic rings. The van der Waals surface area contributed by atoms with Gasteiger partial charge >= 0.3 is 6.09 Å². The van der Waals surface area contributed by atoms with Crippen LogP contribution >= 0.6 is 0 Å². The largest absolute Gasteiger partial charge is 0.444 e. The number of carbonyl (C=O) groups is 3. The number of nitrogens with one attached hydrogen (secondary N) is 2. The molecule has 0 radical (unpaired) electrons. The fraction of sp³-hybridized carbons (Fsp3) is 0.457. The number of anilines is 1. The van der Waals surface area contributed by atoms with Crippen molar-refractivity contribution < 1.29 is 19.1 Å². The second-order valence-electron chi connectivity index (χ2n) is 13.3. The Morgan fingerprint density at radius 2 is 1.45 bits per heavy atom. The number of amides is 3. The monoisotopic (exact) mass is 573 g/mol. The lowest BCUT2D eigenvalue weighted by Gasteiger charge is -2.44. The Kier molecular flexibility index (Phi) is 10.1. The van der Waals surface area contributed by atoms with Crippen molar-refractivity contribution in [2.45, 2.75) is 98.9 Å². The fourth-order valence-corrected chi connectivity index (χ4v) is 5.18. The molecule has 2 N–H and O–H groups in total. The highest BCUT2D eigenvalue weighted by Gasteiger charge is 2.43. The SMILES string of the molecule is CCC(C)C(NC(=O)OC(C)(C)C)C(=O)N(C(C(=O)Nc1ccc2ccccc2c1)c1cc(C)cc(C)c1)C(C)(C)C. The van der Waals surface area contributed by atoms with E-state index in [1.165, 1.54) is 0 Å². The fourth-order valence-electron chi connectivity index (χ4n) is 5.18. The summed E-state index contributed by atoms with van der Waals surface area (Å²) in [6.07, 6.45) is -0.0274. The van der Waals surface area contributed by atoms with E-state index in [-0.39, 0.29) is 17.7 Å². The van der Waals surface area contributed by atoms with Crippen LogP contribution in [-0.4, -0.2) is 40.0 Å². The Morgan fingerprint density at radius 3 is 2.00 bits per heavy atom. The lowest BCUT2D eigenvalue weighted by molar-refractivity contribution is -0.147. The number of nitrogens with zero attached hydrogens (tertiary/aromatic N) is 1. The maximum atomic E-state index is 14.6. The summed E-state index contributed by atoms with van der Waals surface area (Å²) < 4.78 is 5.52. The lowest BCUT2D eigenvalue weighted by atomic mass is 9.90. The van der Waals surface area contributed by atoms with Crippen LogP contribution in [0.15, 0.2) is 60.7 Å². The zero-order chi connectivity index (χ0) is 31.4. The van der Waals surface area contributed by atoms with Crippen molar-refractivity contribution in [3.05, 3.63) is 77.4 Å². The minimum Gasteiger partial charge on any atom is -0.444 e. The predicted octanol–water partition coefficient (Wildman–Crippen LogP) is 7.70. The third-order valence-electron chi connectivity index (χ3n) is 7.19.